The van der Waals surface area contributed by atoms with Gasteiger partial charge in [0.1, 0.15) is 11.2 Å². The molecular weight excluding hydrogens is 611 g/mol. The molecule has 0 unspecified atom stereocenters. The van der Waals surface area contributed by atoms with Gasteiger partial charge in [0.15, 0.2) is 17.5 Å². The van der Waals surface area contributed by atoms with Gasteiger partial charge in [-0.05, 0) is 56.3 Å². The first-order valence-corrected chi connectivity index (χ1v) is 17.0. The Bertz CT molecular complexity index is 2800. The highest BCUT2D eigenvalue weighted by Gasteiger charge is 2.38. The maximum absolute atomic E-state index is 6.52. The topological polar surface area (TPSA) is 51.8 Å². The van der Waals surface area contributed by atoms with Crippen LogP contribution in [0.5, 0.6) is 0 Å². The van der Waals surface area contributed by atoms with Crippen molar-refractivity contribution in [3.8, 4) is 56.4 Å². The first-order chi connectivity index (χ1) is 24.6. The van der Waals surface area contributed by atoms with Crippen LogP contribution in [0.1, 0.15) is 25.0 Å². The molecule has 0 amide bonds. The maximum Gasteiger partial charge on any atom is 0.167 e. The van der Waals surface area contributed by atoms with Gasteiger partial charge in [0.2, 0.25) is 0 Å². The van der Waals surface area contributed by atoms with Crippen molar-refractivity contribution in [2.24, 2.45) is 0 Å². The summed E-state index contributed by atoms with van der Waals surface area (Å²) in [5.41, 5.74) is 11.4. The number of nitrogens with zero attached hydrogens (tertiary/aromatic N) is 3. The molecule has 10 rings (SSSR count). The standard InChI is InChI=1S/C46H31N3O/c1-46(2)39-26-9-7-18-32(39)34-22-12-24-37(41(34)46)44-47-43(36-20-6-5-17-31(36)30-21-11-15-28-14-3-4-16-29(28)30)48-45(49-44)38-25-13-23-35-33-19-8-10-27-40(33)50-42(35)38/h3-27H,1-2H3. The van der Waals surface area contributed by atoms with E-state index in [-0.39, 0.29) is 5.41 Å². The Hall–Kier alpha value is -6.39. The molecule has 0 saturated carbocycles. The molecule has 7 aromatic carbocycles. The lowest BCUT2D eigenvalue weighted by atomic mass is 9.80. The highest BCUT2D eigenvalue weighted by atomic mass is 16.3. The molecule has 0 bridgehead atoms. The minimum Gasteiger partial charge on any atom is -0.455 e. The highest BCUT2D eigenvalue weighted by molar-refractivity contribution is 6.09. The summed E-state index contributed by atoms with van der Waals surface area (Å²) in [5, 5.41) is 4.48. The number of benzene rings is 7. The van der Waals surface area contributed by atoms with Crippen molar-refractivity contribution in [3.05, 3.63) is 163 Å². The van der Waals surface area contributed by atoms with Gasteiger partial charge in [-0.1, -0.05) is 153 Å². The van der Waals surface area contributed by atoms with Gasteiger partial charge in [0, 0.05) is 27.3 Å². The van der Waals surface area contributed by atoms with E-state index >= 15 is 0 Å². The van der Waals surface area contributed by atoms with E-state index in [1.807, 2.05) is 18.2 Å². The summed E-state index contributed by atoms with van der Waals surface area (Å²) in [6.07, 6.45) is 0. The van der Waals surface area contributed by atoms with Crippen molar-refractivity contribution in [2.45, 2.75) is 19.3 Å². The van der Waals surface area contributed by atoms with E-state index in [1.54, 1.807) is 0 Å². The molecule has 0 spiro atoms. The Balaban J connectivity index is 1.27. The van der Waals surface area contributed by atoms with Crippen molar-refractivity contribution in [3.63, 3.8) is 0 Å². The molecule has 0 atom stereocenters. The third-order valence-corrected chi connectivity index (χ3v) is 10.3. The molecular formula is C46H31N3O. The van der Waals surface area contributed by atoms with E-state index in [0.29, 0.717) is 17.5 Å². The van der Waals surface area contributed by atoms with Gasteiger partial charge in [-0.15, -0.1) is 0 Å². The normalized spacial score (nSPS) is 13.2. The van der Waals surface area contributed by atoms with E-state index in [2.05, 4.69) is 147 Å². The number of hydrogen-bond acceptors (Lipinski definition) is 4. The van der Waals surface area contributed by atoms with Gasteiger partial charge in [-0.3, -0.25) is 0 Å². The molecule has 2 aromatic heterocycles. The number of aromatic nitrogens is 3. The number of hydrogen-bond donors (Lipinski definition) is 0. The van der Waals surface area contributed by atoms with E-state index in [0.717, 1.165) is 49.8 Å². The number of para-hydroxylation sites is 2. The Morgan fingerprint density at radius 1 is 0.400 bits per heavy atom. The van der Waals surface area contributed by atoms with Crippen LogP contribution in [0.15, 0.2) is 156 Å². The molecule has 0 radical (unpaired) electrons. The summed E-state index contributed by atoms with van der Waals surface area (Å²) < 4.78 is 6.52. The lowest BCUT2D eigenvalue weighted by Gasteiger charge is -2.24. The molecule has 236 valence electrons. The second-order valence-electron chi connectivity index (χ2n) is 13.6. The van der Waals surface area contributed by atoms with E-state index < -0.39 is 0 Å². The lowest BCUT2D eigenvalue weighted by molar-refractivity contribution is 0.661. The largest absolute Gasteiger partial charge is 0.455 e. The van der Waals surface area contributed by atoms with Crippen LogP contribution in [-0.4, -0.2) is 15.0 Å². The fourth-order valence-electron chi connectivity index (χ4n) is 8.07. The predicted octanol–water partition coefficient (Wildman–Crippen LogP) is 11.9. The summed E-state index contributed by atoms with van der Waals surface area (Å²) >= 11 is 0. The molecule has 0 aliphatic heterocycles. The zero-order valence-corrected chi connectivity index (χ0v) is 27.7. The molecule has 0 saturated heterocycles. The molecule has 0 fully saturated rings. The Kier molecular flexibility index (Phi) is 6.19. The molecule has 4 nitrogen and oxygen atoms in total. The van der Waals surface area contributed by atoms with Gasteiger partial charge in [-0.2, -0.15) is 0 Å². The van der Waals surface area contributed by atoms with Crippen molar-refractivity contribution in [1.82, 2.24) is 15.0 Å². The van der Waals surface area contributed by atoms with Gasteiger partial charge in [-0.25, -0.2) is 15.0 Å². The van der Waals surface area contributed by atoms with Crippen LogP contribution in [-0.2, 0) is 5.41 Å². The fourth-order valence-corrected chi connectivity index (χ4v) is 8.07. The average molecular weight is 642 g/mol. The monoisotopic (exact) mass is 641 g/mol. The SMILES string of the molecule is CC1(C)c2ccccc2-c2cccc(-c3nc(-c4ccccc4-c4cccc5ccccc45)nc(-c4cccc5c4oc4ccccc45)n3)c21. The van der Waals surface area contributed by atoms with Crippen LogP contribution in [0.4, 0.5) is 0 Å². The molecule has 9 aromatic rings. The Morgan fingerprint density at radius 2 is 0.920 bits per heavy atom. The number of rotatable bonds is 4. The van der Waals surface area contributed by atoms with E-state index in [9.17, 15) is 0 Å². The highest BCUT2D eigenvalue weighted by Crippen LogP contribution is 2.52. The van der Waals surface area contributed by atoms with Gasteiger partial charge in [0.25, 0.3) is 0 Å². The van der Waals surface area contributed by atoms with Crippen molar-refractivity contribution in [2.75, 3.05) is 0 Å². The third kappa shape index (κ3) is 4.21. The lowest BCUT2D eigenvalue weighted by Crippen LogP contribution is -2.17. The Labute approximate surface area is 289 Å². The summed E-state index contributed by atoms with van der Waals surface area (Å²) in [6.45, 7) is 4.60. The molecule has 2 heterocycles. The van der Waals surface area contributed by atoms with Crippen LogP contribution in [0.25, 0.3) is 89.1 Å². The van der Waals surface area contributed by atoms with Crippen LogP contribution in [0.3, 0.4) is 0 Å². The number of furan rings is 1. The minimum atomic E-state index is -0.241. The smallest absolute Gasteiger partial charge is 0.167 e. The first-order valence-electron chi connectivity index (χ1n) is 17.0. The van der Waals surface area contributed by atoms with Gasteiger partial charge in [0.05, 0.1) is 5.56 Å². The zero-order valence-electron chi connectivity index (χ0n) is 27.7. The van der Waals surface area contributed by atoms with Crippen molar-refractivity contribution >= 4 is 32.7 Å². The van der Waals surface area contributed by atoms with E-state index in [4.69, 9.17) is 19.4 Å². The maximum atomic E-state index is 6.52. The average Bonchev–Trinajstić information content (AvgIpc) is 3.67. The Morgan fingerprint density at radius 3 is 1.78 bits per heavy atom. The summed E-state index contributed by atoms with van der Waals surface area (Å²) in [4.78, 5) is 15.9. The van der Waals surface area contributed by atoms with Crippen molar-refractivity contribution < 1.29 is 4.42 Å². The van der Waals surface area contributed by atoms with Crippen LogP contribution in [0.2, 0.25) is 0 Å². The molecule has 50 heavy (non-hydrogen) atoms. The van der Waals surface area contributed by atoms with Crippen molar-refractivity contribution in [1.29, 1.82) is 0 Å². The summed E-state index contributed by atoms with van der Waals surface area (Å²) in [7, 11) is 0. The number of fused-ring (bicyclic) bond motifs is 7. The van der Waals surface area contributed by atoms with Gasteiger partial charge < -0.3 is 4.42 Å². The van der Waals surface area contributed by atoms with Gasteiger partial charge >= 0.3 is 0 Å². The molecule has 4 heteroatoms. The minimum absolute atomic E-state index is 0.241. The molecule has 1 aliphatic rings. The van der Waals surface area contributed by atoms with Crippen LogP contribution >= 0.6 is 0 Å². The quantitative estimate of drug-likeness (QED) is 0.192. The second-order valence-corrected chi connectivity index (χ2v) is 13.6. The molecule has 0 N–H and O–H groups in total. The van der Waals surface area contributed by atoms with Crippen LogP contribution < -0.4 is 0 Å². The summed E-state index contributed by atoms with van der Waals surface area (Å²) in [5.74, 6) is 1.84. The first kappa shape index (κ1) is 28.6. The predicted molar refractivity (Wildman–Crippen MR) is 204 cm³/mol. The molecule has 1 aliphatic carbocycles. The fraction of sp³-hybridized carbons (Fsp3) is 0.0652. The third-order valence-electron chi connectivity index (χ3n) is 10.3. The van der Waals surface area contributed by atoms with Crippen LogP contribution in [0, 0.1) is 0 Å². The van der Waals surface area contributed by atoms with E-state index in [1.165, 1.54) is 33.0 Å². The second kappa shape index (κ2) is 10.8. The summed E-state index contributed by atoms with van der Waals surface area (Å²) in [6, 6.07) is 53.0. The zero-order chi connectivity index (χ0) is 33.4.